The summed E-state index contributed by atoms with van der Waals surface area (Å²) >= 11 is 0. The first-order valence-corrected chi connectivity index (χ1v) is 14.0. The molecule has 1 amide bonds. The number of oxazole rings is 1. The SMILES string of the molecule is CCCCN(CCCCN(C)C)C(=O)CN1CC(c2ccc3c(c2)OCO3)C(C(=O)O)C1CCc1ncco1. The van der Waals surface area contributed by atoms with E-state index < -0.39 is 11.9 Å². The summed E-state index contributed by atoms with van der Waals surface area (Å²) in [5.41, 5.74) is 0.884. The van der Waals surface area contributed by atoms with Gasteiger partial charge in [0.15, 0.2) is 17.4 Å². The molecular weight excluding hydrogens is 500 g/mol. The van der Waals surface area contributed by atoms with E-state index in [0.717, 1.165) is 50.9 Å². The van der Waals surface area contributed by atoms with Crippen LogP contribution in [-0.4, -0.2) is 96.3 Å². The summed E-state index contributed by atoms with van der Waals surface area (Å²) < 4.78 is 16.5. The van der Waals surface area contributed by atoms with Crippen LogP contribution < -0.4 is 9.47 Å². The summed E-state index contributed by atoms with van der Waals surface area (Å²) in [6.45, 7) is 5.38. The number of unbranched alkanes of at least 4 members (excludes halogenated alkanes) is 2. The molecule has 0 spiro atoms. The Morgan fingerprint density at radius 2 is 1.87 bits per heavy atom. The quantitative estimate of drug-likeness (QED) is 0.338. The number of carboxylic acids is 1. The molecule has 2 aromatic rings. The fourth-order valence-corrected chi connectivity index (χ4v) is 5.70. The highest BCUT2D eigenvalue weighted by molar-refractivity contribution is 5.79. The number of rotatable bonds is 15. The molecule has 214 valence electrons. The van der Waals surface area contributed by atoms with Gasteiger partial charge in [0.05, 0.1) is 18.7 Å². The summed E-state index contributed by atoms with van der Waals surface area (Å²) in [6, 6.07) is 5.31. The van der Waals surface area contributed by atoms with Crippen LogP contribution in [-0.2, 0) is 16.0 Å². The van der Waals surface area contributed by atoms with Gasteiger partial charge in [-0.15, -0.1) is 0 Å². The maximum atomic E-state index is 13.6. The van der Waals surface area contributed by atoms with E-state index in [9.17, 15) is 14.7 Å². The minimum Gasteiger partial charge on any atom is -0.481 e. The number of aliphatic carboxylic acids is 1. The van der Waals surface area contributed by atoms with Crippen molar-refractivity contribution < 1.29 is 28.6 Å². The number of aromatic nitrogens is 1. The number of aryl methyl sites for hydroxylation is 1. The van der Waals surface area contributed by atoms with Gasteiger partial charge in [-0.05, 0) is 64.0 Å². The Morgan fingerprint density at radius 3 is 2.59 bits per heavy atom. The number of hydrogen-bond donors (Lipinski definition) is 1. The second kappa shape index (κ2) is 13.8. The summed E-state index contributed by atoms with van der Waals surface area (Å²) in [5.74, 6) is 0.0904. The van der Waals surface area contributed by atoms with Gasteiger partial charge in [0.25, 0.3) is 0 Å². The highest BCUT2D eigenvalue weighted by atomic mass is 16.7. The first-order valence-electron chi connectivity index (χ1n) is 14.0. The molecule has 0 bridgehead atoms. The summed E-state index contributed by atoms with van der Waals surface area (Å²) in [4.78, 5) is 36.8. The first kappa shape index (κ1) is 28.9. The van der Waals surface area contributed by atoms with Gasteiger partial charge in [0.1, 0.15) is 6.26 Å². The van der Waals surface area contributed by atoms with Gasteiger partial charge in [-0.3, -0.25) is 14.5 Å². The second-order valence-electron chi connectivity index (χ2n) is 10.8. The van der Waals surface area contributed by atoms with Crippen molar-refractivity contribution in [1.82, 2.24) is 19.7 Å². The first-order chi connectivity index (χ1) is 18.9. The average molecular weight is 543 g/mol. The third kappa shape index (κ3) is 7.51. The number of carbonyl (C=O) groups excluding carboxylic acids is 1. The number of likely N-dealkylation sites (tertiary alicyclic amines) is 1. The number of hydrogen-bond acceptors (Lipinski definition) is 8. The molecule has 1 aromatic carbocycles. The van der Waals surface area contributed by atoms with Crippen molar-refractivity contribution in [2.45, 2.75) is 57.4 Å². The van der Waals surface area contributed by atoms with E-state index in [1.54, 1.807) is 6.20 Å². The molecular formula is C29H42N4O6. The fraction of sp³-hybridized carbons (Fsp3) is 0.621. The molecule has 10 heteroatoms. The van der Waals surface area contributed by atoms with Gasteiger partial charge in [-0.2, -0.15) is 0 Å². The van der Waals surface area contributed by atoms with Crippen molar-refractivity contribution in [2.75, 3.05) is 53.6 Å². The van der Waals surface area contributed by atoms with E-state index in [4.69, 9.17) is 13.9 Å². The van der Waals surface area contributed by atoms with Crippen molar-refractivity contribution in [2.24, 2.45) is 5.92 Å². The molecule has 2 aliphatic heterocycles. The molecule has 0 aliphatic carbocycles. The summed E-state index contributed by atoms with van der Waals surface area (Å²) in [7, 11) is 4.11. The zero-order chi connectivity index (χ0) is 27.8. The molecule has 10 nitrogen and oxygen atoms in total. The number of carboxylic acid groups (broad SMARTS) is 1. The van der Waals surface area contributed by atoms with E-state index in [2.05, 4.69) is 35.8 Å². The number of fused-ring (bicyclic) bond motifs is 1. The van der Waals surface area contributed by atoms with Crippen LogP contribution in [0.25, 0.3) is 0 Å². The van der Waals surface area contributed by atoms with Gasteiger partial charge in [0, 0.05) is 38.0 Å². The monoisotopic (exact) mass is 542 g/mol. The Balaban J connectivity index is 1.53. The lowest BCUT2D eigenvalue weighted by molar-refractivity contribution is -0.143. The average Bonchev–Trinajstić information content (AvgIpc) is 3.66. The van der Waals surface area contributed by atoms with Crippen molar-refractivity contribution in [3.05, 3.63) is 42.1 Å². The lowest BCUT2D eigenvalue weighted by atomic mass is 9.83. The summed E-state index contributed by atoms with van der Waals surface area (Å²) in [5, 5.41) is 10.4. The van der Waals surface area contributed by atoms with Gasteiger partial charge < -0.3 is 28.8 Å². The zero-order valence-electron chi connectivity index (χ0n) is 23.4. The third-order valence-corrected chi connectivity index (χ3v) is 7.75. The van der Waals surface area contributed by atoms with E-state index in [-0.39, 0.29) is 31.2 Å². The molecule has 1 fully saturated rings. The number of benzene rings is 1. The molecule has 39 heavy (non-hydrogen) atoms. The predicted molar refractivity (Wildman–Crippen MR) is 146 cm³/mol. The Bertz CT molecular complexity index is 1080. The Hall–Kier alpha value is -3.11. The molecule has 3 heterocycles. The highest BCUT2D eigenvalue weighted by Crippen LogP contribution is 2.43. The van der Waals surface area contributed by atoms with Crippen LogP contribution in [0.15, 0.2) is 35.1 Å². The number of amides is 1. The predicted octanol–water partition coefficient (Wildman–Crippen LogP) is 3.48. The number of ether oxygens (including phenoxy) is 2. The molecule has 3 atom stereocenters. The Morgan fingerprint density at radius 1 is 1.10 bits per heavy atom. The lowest BCUT2D eigenvalue weighted by Crippen LogP contribution is -2.45. The molecule has 0 radical (unpaired) electrons. The highest BCUT2D eigenvalue weighted by Gasteiger charge is 2.47. The smallest absolute Gasteiger partial charge is 0.308 e. The second-order valence-corrected chi connectivity index (χ2v) is 10.8. The Kier molecular flexibility index (Phi) is 10.2. The van der Waals surface area contributed by atoms with Gasteiger partial charge >= 0.3 is 5.97 Å². The lowest BCUT2D eigenvalue weighted by Gasteiger charge is -2.29. The number of nitrogens with zero attached hydrogens (tertiary/aromatic N) is 4. The minimum absolute atomic E-state index is 0.0601. The van der Waals surface area contributed by atoms with Gasteiger partial charge in [0.2, 0.25) is 12.7 Å². The topological polar surface area (TPSA) is 109 Å². The van der Waals surface area contributed by atoms with Crippen LogP contribution in [0.5, 0.6) is 11.5 Å². The van der Waals surface area contributed by atoms with Crippen LogP contribution in [0.1, 0.15) is 56.4 Å². The third-order valence-electron chi connectivity index (χ3n) is 7.75. The maximum absolute atomic E-state index is 13.6. The van der Waals surface area contributed by atoms with Crippen LogP contribution in [0, 0.1) is 5.92 Å². The maximum Gasteiger partial charge on any atom is 0.308 e. The Labute approximate surface area is 230 Å². The molecule has 4 rings (SSSR count). The van der Waals surface area contributed by atoms with Crippen molar-refractivity contribution in [3.8, 4) is 11.5 Å². The van der Waals surface area contributed by atoms with Crippen LogP contribution >= 0.6 is 0 Å². The van der Waals surface area contributed by atoms with Crippen molar-refractivity contribution >= 4 is 11.9 Å². The standard InChI is InChI=1S/C29H42N4O6/c1-4-5-14-32(15-7-6-13-31(2)3)27(34)19-33-18-22(21-8-10-24-25(17-21)39-20-38-24)28(29(35)36)23(33)9-11-26-30-12-16-37-26/h8,10,12,16-17,22-23,28H,4-7,9,11,13-15,18-20H2,1-3H3,(H,35,36). The normalized spacial score (nSPS) is 20.6. The van der Waals surface area contributed by atoms with Crippen molar-refractivity contribution in [1.29, 1.82) is 0 Å². The van der Waals surface area contributed by atoms with Gasteiger partial charge in [-0.25, -0.2) is 4.98 Å². The molecule has 1 N–H and O–H groups in total. The van der Waals surface area contributed by atoms with E-state index in [1.807, 2.05) is 23.1 Å². The minimum atomic E-state index is -0.864. The molecule has 1 saturated heterocycles. The molecule has 3 unspecified atom stereocenters. The molecule has 0 saturated carbocycles. The van der Waals surface area contributed by atoms with Crippen LogP contribution in [0.2, 0.25) is 0 Å². The summed E-state index contributed by atoms with van der Waals surface area (Å²) in [6.07, 6.45) is 8.08. The molecule has 2 aliphatic rings. The van der Waals surface area contributed by atoms with E-state index >= 15 is 0 Å². The number of carbonyl (C=O) groups is 2. The van der Waals surface area contributed by atoms with Gasteiger partial charge in [-0.1, -0.05) is 19.4 Å². The zero-order valence-corrected chi connectivity index (χ0v) is 23.4. The largest absolute Gasteiger partial charge is 0.481 e. The fourth-order valence-electron chi connectivity index (χ4n) is 5.70. The molecule has 1 aromatic heterocycles. The van der Waals surface area contributed by atoms with E-state index in [0.29, 0.717) is 36.8 Å². The van der Waals surface area contributed by atoms with Crippen molar-refractivity contribution in [3.63, 3.8) is 0 Å². The van der Waals surface area contributed by atoms with Crippen LogP contribution in [0.4, 0.5) is 0 Å². The van der Waals surface area contributed by atoms with E-state index in [1.165, 1.54) is 6.26 Å². The van der Waals surface area contributed by atoms with Crippen LogP contribution in [0.3, 0.4) is 0 Å².